The van der Waals surface area contributed by atoms with E-state index in [0.717, 1.165) is 17.0 Å². The van der Waals surface area contributed by atoms with E-state index in [0.29, 0.717) is 64.3 Å². The van der Waals surface area contributed by atoms with Crippen molar-refractivity contribution in [2.75, 3.05) is 0 Å². The van der Waals surface area contributed by atoms with Crippen LogP contribution in [0.3, 0.4) is 0 Å². The lowest BCUT2D eigenvalue weighted by Crippen LogP contribution is -2.32. The fourth-order valence-corrected chi connectivity index (χ4v) is 6.35. The Morgan fingerprint density at radius 3 is 2.27 bits per heavy atom. The molecule has 0 radical (unpaired) electrons. The van der Waals surface area contributed by atoms with E-state index in [1.807, 2.05) is 34.7 Å². The second-order valence-corrected chi connectivity index (χ2v) is 12.5. The Hall–Kier alpha value is -3.44. The van der Waals surface area contributed by atoms with Crippen LogP contribution >= 0.6 is 11.6 Å². The lowest BCUT2D eigenvalue weighted by Gasteiger charge is -2.32. The maximum absolute atomic E-state index is 13.8. The van der Waals surface area contributed by atoms with Gasteiger partial charge in [0.25, 0.3) is 0 Å². The van der Waals surface area contributed by atoms with Gasteiger partial charge >= 0.3 is 0 Å². The third kappa shape index (κ3) is 3.79. The van der Waals surface area contributed by atoms with Gasteiger partial charge in [-0.15, -0.1) is 0 Å². The van der Waals surface area contributed by atoms with Crippen molar-refractivity contribution in [3.63, 3.8) is 0 Å². The van der Waals surface area contributed by atoms with Gasteiger partial charge in [-0.05, 0) is 41.9 Å². The zero-order valence-corrected chi connectivity index (χ0v) is 22.2. The summed E-state index contributed by atoms with van der Waals surface area (Å²) in [5, 5.41) is 11.5. The number of phenolic OH excluding ortho intramolecular Hbond substituents is 1. The number of ketones is 2. The smallest absolute Gasteiger partial charge is 0.182 e. The minimum Gasteiger partial charge on any atom is -0.507 e. The van der Waals surface area contributed by atoms with E-state index in [1.54, 1.807) is 18.2 Å². The van der Waals surface area contributed by atoms with E-state index in [-0.39, 0.29) is 28.1 Å². The van der Waals surface area contributed by atoms with Gasteiger partial charge in [-0.1, -0.05) is 69.6 Å². The van der Waals surface area contributed by atoms with Crippen molar-refractivity contribution in [2.24, 2.45) is 10.8 Å². The number of halogens is 1. The zero-order valence-electron chi connectivity index (χ0n) is 21.5. The lowest BCUT2D eigenvalue weighted by molar-refractivity contribution is 0.0888. The first-order valence-corrected chi connectivity index (χ1v) is 13.0. The average molecular weight is 513 g/mol. The molecule has 0 unspecified atom stereocenters. The van der Waals surface area contributed by atoms with Crippen molar-refractivity contribution in [2.45, 2.75) is 53.4 Å². The predicted molar refractivity (Wildman–Crippen MR) is 146 cm³/mol. The molecule has 2 aromatic heterocycles. The number of benzene rings is 2. The first kappa shape index (κ1) is 23.9. The fourth-order valence-electron chi connectivity index (χ4n) is 6.18. The van der Waals surface area contributed by atoms with Gasteiger partial charge < -0.3 is 9.51 Å². The number of phenols is 1. The predicted octanol–water partition coefficient (Wildman–Crippen LogP) is 7.34. The molecular weight excluding hydrogens is 484 g/mol. The van der Waals surface area contributed by atoms with Gasteiger partial charge in [0.2, 0.25) is 0 Å². The molecule has 0 saturated heterocycles. The maximum Gasteiger partial charge on any atom is 0.182 e. The molecule has 6 heteroatoms. The molecule has 188 valence electrons. The molecule has 37 heavy (non-hydrogen) atoms. The molecule has 0 atom stereocenters. The summed E-state index contributed by atoms with van der Waals surface area (Å²) in [6.45, 7) is 8.35. The minimum absolute atomic E-state index is 0.000625. The summed E-state index contributed by atoms with van der Waals surface area (Å²) in [4.78, 5) is 32.7. The monoisotopic (exact) mass is 512 g/mol. The summed E-state index contributed by atoms with van der Waals surface area (Å²) in [6, 6.07) is 14.7. The summed E-state index contributed by atoms with van der Waals surface area (Å²) in [7, 11) is 0. The molecule has 2 aromatic carbocycles. The second kappa shape index (κ2) is 8.03. The largest absolute Gasteiger partial charge is 0.507 e. The fraction of sp³-hybridized carbons (Fsp3) is 0.323. The Labute approximate surface area is 221 Å². The van der Waals surface area contributed by atoms with E-state index in [2.05, 4.69) is 27.7 Å². The molecule has 0 fully saturated rings. The van der Waals surface area contributed by atoms with Crippen molar-refractivity contribution in [3.8, 4) is 28.1 Å². The minimum atomic E-state index is -0.272. The van der Waals surface area contributed by atoms with Crippen LogP contribution < -0.4 is 0 Å². The molecule has 4 aromatic rings. The summed E-state index contributed by atoms with van der Waals surface area (Å²) in [5.41, 5.74) is 5.52. The molecule has 2 aliphatic carbocycles. The highest BCUT2D eigenvalue weighted by Crippen LogP contribution is 2.49. The van der Waals surface area contributed by atoms with Gasteiger partial charge in [0.1, 0.15) is 11.4 Å². The van der Waals surface area contributed by atoms with Crippen molar-refractivity contribution in [1.29, 1.82) is 0 Å². The molecule has 0 amide bonds. The van der Waals surface area contributed by atoms with E-state index in [4.69, 9.17) is 16.6 Å². The molecule has 6 rings (SSSR count). The van der Waals surface area contributed by atoms with Crippen molar-refractivity contribution in [3.05, 3.63) is 76.2 Å². The van der Waals surface area contributed by atoms with Gasteiger partial charge in [-0.3, -0.25) is 9.59 Å². The number of Topliss-reactive ketones (excluding diaryl/α,β-unsaturated/α-hetero) is 2. The first-order chi connectivity index (χ1) is 17.5. The van der Waals surface area contributed by atoms with Gasteiger partial charge in [0.05, 0.1) is 16.9 Å². The number of nitrogens with zero attached hydrogens (tertiary/aromatic N) is 2. The Kier molecular flexibility index (Phi) is 5.19. The van der Waals surface area contributed by atoms with Crippen LogP contribution in [0.2, 0.25) is 5.02 Å². The van der Waals surface area contributed by atoms with Crippen LogP contribution in [-0.4, -0.2) is 26.1 Å². The summed E-state index contributed by atoms with van der Waals surface area (Å²) in [6.07, 6.45) is 2.07. The lowest BCUT2D eigenvalue weighted by atomic mass is 9.74. The molecule has 2 aliphatic rings. The van der Waals surface area contributed by atoms with Crippen LogP contribution in [-0.2, 0) is 12.8 Å². The SMILES string of the molecule is CC1(C)CC(=O)c2c(nc(-c3ccccc3)c3c(-c4cc(Cl)ccc4O)c4c(n23)CC(C)(C)CC4=O)C1. The van der Waals surface area contributed by atoms with Crippen LogP contribution in [0.1, 0.15) is 72.8 Å². The van der Waals surface area contributed by atoms with Crippen molar-refractivity contribution < 1.29 is 14.7 Å². The number of carbonyl (C=O) groups excluding carboxylic acids is 2. The van der Waals surface area contributed by atoms with Gasteiger partial charge in [-0.25, -0.2) is 4.98 Å². The molecule has 5 nitrogen and oxygen atoms in total. The Bertz CT molecular complexity index is 1630. The van der Waals surface area contributed by atoms with Crippen LogP contribution in [0, 0.1) is 10.8 Å². The normalized spacial score (nSPS) is 18.1. The Balaban J connectivity index is 1.86. The van der Waals surface area contributed by atoms with E-state index >= 15 is 0 Å². The average Bonchev–Trinajstić information content (AvgIpc) is 3.13. The highest BCUT2D eigenvalue weighted by atomic mass is 35.5. The zero-order chi connectivity index (χ0) is 26.3. The maximum atomic E-state index is 13.8. The first-order valence-electron chi connectivity index (χ1n) is 12.7. The third-order valence-electron chi connectivity index (χ3n) is 7.63. The van der Waals surface area contributed by atoms with Crippen LogP contribution in [0.25, 0.3) is 27.9 Å². The van der Waals surface area contributed by atoms with Crippen molar-refractivity contribution in [1.82, 2.24) is 9.38 Å². The molecule has 2 heterocycles. The molecule has 1 N–H and O–H groups in total. The number of carbonyl (C=O) groups is 2. The van der Waals surface area contributed by atoms with Crippen LogP contribution in [0.4, 0.5) is 0 Å². The van der Waals surface area contributed by atoms with Gasteiger partial charge in [0.15, 0.2) is 11.6 Å². The number of hydrogen-bond donors (Lipinski definition) is 1. The molecule has 0 saturated carbocycles. The van der Waals surface area contributed by atoms with E-state index in [9.17, 15) is 14.7 Å². The Morgan fingerprint density at radius 2 is 1.54 bits per heavy atom. The second-order valence-electron chi connectivity index (χ2n) is 12.0. The summed E-state index contributed by atoms with van der Waals surface area (Å²) in [5.74, 6) is 0.0565. The topological polar surface area (TPSA) is 71.7 Å². The highest BCUT2D eigenvalue weighted by molar-refractivity contribution is 6.31. The van der Waals surface area contributed by atoms with Gasteiger partial charge in [-0.2, -0.15) is 0 Å². The van der Waals surface area contributed by atoms with Gasteiger partial charge in [0, 0.05) is 45.8 Å². The standard InChI is InChI=1S/C31H29ClN2O3/c1-30(2)13-20-28(24(37)16-30)34-21-14-31(3,4)15-23(36)26(21)25(19-12-18(32)10-11-22(19)35)29(34)27(33-20)17-8-6-5-7-9-17/h5-12,35H,13-16H2,1-4H3. The Morgan fingerprint density at radius 1 is 0.865 bits per heavy atom. The number of hydrogen-bond acceptors (Lipinski definition) is 4. The number of rotatable bonds is 2. The highest BCUT2D eigenvalue weighted by Gasteiger charge is 2.41. The van der Waals surface area contributed by atoms with E-state index in [1.165, 1.54) is 0 Å². The molecular formula is C31H29ClN2O3. The summed E-state index contributed by atoms with van der Waals surface area (Å²) < 4.78 is 2.01. The van der Waals surface area contributed by atoms with Crippen LogP contribution in [0.5, 0.6) is 5.75 Å². The summed E-state index contributed by atoms with van der Waals surface area (Å²) >= 11 is 6.40. The van der Waals surface area contributed by atoms with Crippen molar-refractivity contribution >= 4 is 28.7 Å². The molecule has 0 aliphatic heterocycles. The number of aromatic nitrogens is 2. The third-order valence-corrected chi connectivity index (χ3v) is 7.86. The van der Waals surface area contributed by atoms with E-state index < -0.39 is 0 Å². The quantitative estimate of drug-likeness (QED) is 0.305. The number of fused-ring (bicyclic) bond motifs is 5. The number of aromatic hydroxyl groups is 1. The van der Waals surface area contributed by atoms with Crippen LogP contribution in [0.15, 0.2) is 48.5 Å². The molecule has 0 spiro atoms. The molecule has 0 bridgehead atoms.